The normalized spacial score (nSPS) is 13.7. The number of phenolic OH excluding ortho intramolecular Hbond substituents is 1. The number of benzene rings is 1. The van der Waals surface area contributed by atoms with E-state index in [1.807, 2.05) is 6.92 Å². The van der Waals surface area contributed by atoms with Gasteiger partial charge in [0.05, 0.1) is 11.1 Å². The molecule has 1 atom stereocenters. The number of amides is 1. The van der Waals surface area contributed by atoms with Crippen LogP contribution in [0.3, 0.4) is 0 Å². The number of rotatable bonds is 4. The number of halogens is 2. The Morgan fingerprint density at radius 1 is 1.48 bits per heavy atom. The molecule has 0 aliphatic carbocycles. The number of phenols is 1. The zero-order valence-electron chi connectivity index (χ0n) is 11.5. The van der Waals surface area contributed by atoms with Crippen molar-refractivity contribution >= 4 is 17.2 Å². The average Bonchev–Trinajstić information content (AvgIpc) is 2.99. The molecule has 2 N–H and O–H groups in total. The van der Waals surface area contributed by atoms with Crippen LogP contribution in [-0.4, -0.2) is 16.0 Å². The molecule has 0 aliphatic heterocycles. The summed E-state index contributed by atoms with van der Waals surface area (Å²) in [6, 6.07) is 1.84. The summed E-state index contributed by atoms with van der Waals surface area (Å²) in [6.07, 6.45) is 2.16. The molecule has 0 saturated carbocycles. The van der Waals surface area contributed by atoms with Crippen LogP contribution in [0.5, 0.6) is 5.75 Å². The van der Waals surface area contributed by atoms with Crippen LogP contribution < -0.4 is 5.32 Å². The number of carbonyl (C=O) groups is 1. The van der Waals surface area contributed by atoms with Gasteiger partial charge in [-0.25, -0.2) is 13.8 Å². The van der Waals surface area contributed by atoms with Gasteiger partial charge in [0.15, 0.2) is 17.4 Å². The van der Waals surface area contributed by atoms with Crippen molar-refractivity contribution in [3.8, 4) is 5.75 Å². The van der Waals surface area contributed by atoms with Gasteiger partial charge in [0.2, 0.25) is 0 Å². The number of nitrogens with zero attached hydrogens (tertiary/aromatic N) is 1. The molecule has 7 heteroatoms. The van der Waals surface area contributed by atoms with E-state index in [9.17, 15) is 18.7 Å². The molecule has 4 nitrogen and oxygen atoms in total. The van der Waals surface area contributed by atoms with Gasteiger partial charge in [-0.15, -0.1) is 11.3 Å². The van der Waals surface area contributed by atoms with Crippen molar-refractivity contribution in [2.45, 2.75) is 25.8 Å². The molecule has 2 rings (SSSR count). The molecule has 112 valence electrons. The van der Waals surface area contributed by atoms with E-state index in [-0.39, 0.29) is 0 Å². The molecular formula is C14H14F2N2O2S. The van der Waals surface area contributed by atoms with Gasteiger partial charge in [-0.2, -0.15) is 0 Å². The molecule has 1 amide bonds. The lowest BCUT2D eigenvalue weighted by atomic mass is 9.99. The third-order valence-corrected chi connectivity index (χ3v) is 4.35. The van der Waals surface area contributed by atoms with Crippen LogP contribution in [0.2, 0.25) is 0 Å². The maximum Gasteiger partial charge on any atom is 0.255 e. The van der Waals surface area contributed by atoms with Crippen molar-refractivity contribution in [2.75, 3.05) is 0 Å². The monoisotopic (exact) mass is 312 g/mol. The second-order valence-electron chi connectivity index (χ2n) is 4.73. The highest BCUT2D eigenvalue weighted by molar-refractivity contribution is 7.09. The molecule has 1 heterocycles. The summed E-state index contributed by atoms with van der Waals surface area (Å²) in [5.41, 5.74) is -1.17. The minimum absolute atomic E-state index is 0.412. The number of thiazole rings is 1. The number of nitrogens with one attached hydrogen (secondary N) is 1. The molecular weight excluding hydrogens is 298 g/mol. The Balaban J connectivity index is 2.31. The molecule has 1 aromatic carbocycles. The van der Waals surface area contributed by atoms with E-state index in [4.69, 9.17) is 0 Å². The first-order chi connectivity index (χ1) is 9.89. The Bertz CT molecular complexity index is 661. The van der Waals surface area contributed by atoms with Crippen molar-refractivity contribution in [3.63, 3.8) is 0 Å². The maximum absolute atomic E-state index is 13.8. The van der Waals surface area contributed by atoms with Gasteiger partial charge in [0, 0.05) is 11.6 Å². The van der Waals surface area contributed by atoms with Crippen molar-refractivity contribution in [1.82, 2.24) is 10.3 Å². The highest BCUT2D eigenvalue weighted by Gasteiger charge is 2.31. The quantitative estimate of drug-likeness (QED) is 0.911. The maximum atomic E-state index is 13.8. The first-order valence-electron chi connectivity index (χ1n) is 6.28. The van der Waals surface area contributed by atoms with Crippen molar-refractivity contribution in [1.29, 1.82) is 0 Å². The Morgan fingerprint density at radius 3 is 2.76 bits per heavy atom. The lowest BCUT2D eigenvalue weighted by Crippen LogP contribution is -2.43. The molecule has 0 spiro atoms. The fraction of sp³-hybridized carbons (Fsp3) is 0.286. The minimum atomic E-state index is -1.27. The SMILES string of the molecule is CCC(C)(NC(=O)c1ccc(F)c(O)c1F)c1nccs1. The highest BCUT2D eigenvalue weighted by Crippen LogP contribution is 2.28. The molecule has 2 aromatic rings. The number of carbonyl (C=O) groups excluding carboxylic acids is 1. The summed E-state index contributed by atoms with van der Waals surface area (Å²) in [5.74, 6) is -4.27. The summed E-state index contributed by atoms with van der Waals surface area (Å²) >= 11 is 1.37. The van der Waals surface area contributed by atoms with Crippen molar-refractivity contribution in [2.24, 2.45) is 0 Å². The second-order valence-corrected chi connectivity index (χ2v) is 5.63. The molecule has 1 unspecified atom stereocenters. The van der Waals surface area contributed by atoms with E-state index < -0.39 is 34.4 Å². The average molecular weight is 312 g/mol. The lowest BCUT2D eigenvalue weighted by Gasteiger charge is -2.27. The van der Waals surface area contributed by atoms with Crippen LogP contribution in [0, 0.1) is 11.6 Å². The molecule has 0 saturated heterocycles. The molecule has 21 heavy (non-hydrogen) atoms. The van der Waals surface area contributed by atoms with Gasteiger partial charge in [0.1, 0.15) is 5.01 Å². The smallest absolute Gasteiger partial charge is 0.255 e. The Kier molecular flexibility index (Phi) is 4.22. The Morgan fingerprint density at radius 2 is 2.19 bits per heavy atom. The zero-order chi connectivity index (χ0) is 15.6. The molecule has 0 radical (unpaired) electrons. The standard InChI is InChI=1S/C14H14F2N2O2S/c1-3-14(2,13-17-6-7-21-13)18-12(20)8-4-5-9(15)11(19)10(8)16/h4-7,19H,3H2,1-2H3,(H,18,20). The van der Waals surface area contributed by atoms with Crippen LogP contribution in [0.4, 0.5) is 8.78 Å². The molecule has 0 fully saturated rings. The van der Waals surface area contributed by atoms with Crippen LogP contribution in [0.25, 0.3) is 0 Å². The molecule has 0 bridgehead atoms. The fourth-order valence-electron chi connectivity index (χ4n) is 1.82. The topological polar surface area (TPSA) is 62.2 Å². The van der Waals surface area contributed by atoms with Gasteiger partial charge in [-0.05, 0) is 25.5 Å². The number of aromatic nitrogens is 1. The lowest BCUT2D eigenvalue weighted by molar-refractivity contribution is 0.0896. The second kappa shape index (κ2) is 5.77. The van der Waals surface area contributed by atoms with Crippen LogP contribution >= 0.6 is 11.3 Å². The van der Waals surface area contributed by atoms with Gasteiger partial charge >= 0.3 is 0 Å². The molecule has 1 aromatic heterocycles. The highest BCUT2D eigenvalue weighted by atomic mass is 32.1. The summed E-state index contributed by atoms with van der Waals surface area (Å²) in [7, 11) is 0. The third kappa shape index (κ3) is 2.87. The number of hydrogen-bond acceptors (Lipinski definition) is 4. The Labute approximate surface area is 124 Å². The first kappa shape index (κ1) is 15.4. The van der Waals surface area contributed by atoms with Gasteiger partial charge in [-0.1, -0.05) is 6.92 Å². The van der Waals surface area contributed by atoms with E-state index in [0.717, 1.165) is 12.1 Å². The van der Waals surface area contributed by atoms with Crippen LogP contribution in [0.1, 0.15) is 35.6 Å². The Hall–Kier alpha value is -2.02. The van der Waals surface area contributed by atoms with E-state index in [2.05, 4.69) is 10.3 Å². The van der Waals surface area contributed by atoms with Crippen LogP contribution in [0.15, 0.2) is 23.7 Å². The predicted molar refractivity (Wildman–Crippen MR) is 75.2 cm³/mol. The number of aromatic hydroxyl groups is 1. The minimum Gasteiger partial charge on any atom is -0.503 e. The predicted octanol–water partition coefficient (Wildman–Crippen LogP) is 3.18. The fourth-order valence-corrected chi connectivity index (χ4v) is 2.65. The summed E-state index contributed by atoms with van der Waals surface area (Å²) in [4.78, 5) is 16.4. The van der Waals surface area contributed by atoms with E-state index in [1.165, 1.54) is 11.3 Å². The molecule has 0 aliphatic rings. The van der Waals surface area contributed by atoms with E-state index >= 15 is 0 Å². The van der Waals surface area contributed by atoms with Gasteiger partial charge in [-0.3, -0.25) is 4.79 Å². The van der Waals surface area contributed by atoms with Gasteiger partial charge < -0.3 is 10.4 Å². The van der Waals surface area contributed by atoms with Crippen molar-refractivity contribution in [3.05, 3.63) is 45.9 Å². The summed E-state index contributed by atoms with van der Waals surface area (Å²) in [6.45, 7) is 3.63. The zero-order valence-corrected chi connectivity index (χ0v) is 12.3. The van der Waals surface area contributed by atoms with Crippen LogP contribution in [-0.2, 0) is 5.54 Å². The van der Waals surface area contributed by atoms with E-state index in [1.54, 1.807) is 18.5 Å². The first-order valence-corrected chi connectivity index (χ1v) is 7.16. The largest absolute Gasteiger partial charge is 0.503 e. The number of hydrogen-bond donors (Lipinski definition) is 2. The van der Waals surface area contributed by atoms with Gasteiger partial charge in [0.25, 0.3) is 5.91 Å². The summed E-state index contributed by atoms with van der Waals surface area (Å²) < 4.78 is 26.8. The van der Waals surface area contributed by atoms with Crippen molar-refractivity contribution < 1.29 is 18.7 Å². The summed E-state index contributed by atoms with van der Waals surface area (Å²) in [5, 5.41) is 14.4. The third-order valence-electron chi connectivity index (χ3n) is 3.31. The van der Waals surface area contributed by atoms with E-state index in [0.29, 0.717) is 11.4 Å².